The van der Waals surface area contributed by atoms with Crippen LogP contribution in [0.3, 0.4) is 0 Å². The number of rotatable bonds is 10. The molecule has 1 atom stereocenters. The third-order valence-corrected chi connectivity index (χ3v) is 6.18. The Kier molecular flexibility index (Phi) is 7.94. The van der Waals surface area contributed by atoms with Gasteiger partial charge in [0.05, 0.1) is 10.7 Å². The van der Waals surface area contributed by atoms with Gasteiger partial charge in [-0.15, -0.1) is 0 Å². The van der Waals surface area contributed by atoms with Crippen molar-refractivity contribution in [1.82, 2.24) is 9.62 Å². The van der Waals surface area contributed by atoms with E-state index in [1.807, 2.05) is 32.0 Å². The second-order valence-electron chi connectivity index (χ2n) is 6.29. The molecule has 0 spiro atoms. The Bertz CT molecular complexity index is 900. The zero-order valence-electron chi connectivity index (χ0n) is 15.8. The largest absolute Gasteiger partial charge is 0.296 e. The average Bonchev–Trinajstić information content (AvgIpc) is 2.66. The molecule has 2 aromatic carbocycles. The lowest BCUT2D eigenvalue weighted by Crippen LogP contribution is -2.38. The summed E-state index contributed by atoms with van der Waals surface area (Å²) in [5, 5.41) is 11.3. The van der Waals surface area contributed by atoms with Crippen LogP contribution in [0.5, 0.6) is 0 Å². The molecule has 0 radical (unpaired) electrons. The van der Waals surface area contributed by atoms with Crippen molar-refractivity contribution in [2.24, 2.45) is 0 Å². The van der Waals surface area contributed by atoms with Crippen LogP contribution in [-0.4, -0.2) is 37.9 Å². The topological polar surface area (TPSA) is 92.6 Å². The summed E-state index contributed by atoms with van der Waals surface area (Å²) in [5.41, 5.74) is 1.27. The summed E-state index contributed by atoms with van der Waals surface area (Å²) in [6.45, 7) is 5.70. The molecule has 0 saturated heterocycles. The van der Waals surface area contributed by atoms with Crippen molar-refractivity contribution >= 4 is 27.3 Å². The molecule has 0 fully saturated rings. The number of hydrogen-bond donors (Lipinski definition) is 1. The van der Waals surface area contributed by atoms with E-state index in [9.17, 15) is 18.5 Å². The highest BCUT2D eigenvalue weighted by atomic mass is 35.5. The number of nitro groups is 1. The lowest BCUT2D eigenvalue weighted by atomic mass is 10.1. The third-order valence-electron chi connectivity index (χ3n) is 4.52. The predicted octanol–water partition coefficient (Wildman–Crippen LogP) is 3.75. The number of non-ortho nitro benzene ring substituents is 1. The van der Waals surface area contributed by atoms with Gasteiger partial charge in [0.25, 0.3) is 5.69 Å². The maximum atomic E-state index is 12.5. The lowest BCUT2D eigenvalue weighted by molar-refractivity contribution is -0.384. The van der Waals surface area contributed by atoms with Gasteiger partial charge in [0.1, 0.15) is 0 Å². The first-order chi connectivity index (χ1) is 13.3. The van der Waals surface area contributed by atoms with Gasteiger partial charge in [-0.3, -0.25) is 15.0 Å². The van der Waals surface area contributed by atoms with Crippen molar-refractivity contribution in [1.29, 1.82) is 0 Å². The van der Waals surface area contributed by atoms with Crippen LogP contribution in [-0.2, 0) is 15.8 Å². The molecule has 9 heteroatoms. The Balaban J connectivity index is 2.14. The van der Waals surface area contributed by atoms with E-state index in [4.69, 9.17) is 11.6 Å². The van der Waals surface area contributed by atoms with Gasteiger partial charge in [-0.25, -0.2) is 13.1 Å². The van der Waals surface area contributed by atoms with E-state index < -0.39 is 14.9 Å². The molecular formula is C19H24ClN3O4S. The monoisotopic (exact) mass is 425 g/mol. The Morgan fingerprint density at radius 1 is 1.11 bits per heavy atom. The van der Waals surface area contributed by atoms with Gasteiger partial charge in [0, 0.05) is 29.7 Å². The highest BCUT2D eigenvalue weighted by molar-refractivity contribution is 7.88. The molecule has 152 valence electrons. The maximum absolute atomic E-state index is 12.5. The smallest absolute Gasteiger partial charge is 0.269 e. The molecule has 0 bridgehead atoms. The second-order valence-corrected chi connectivity index (χ2v) is 8.50. The first-order valence-corrected chi connectivity index (χ1v) is 11.0. The third kappa shape index (κ3) is 6.00. The zero-order chi connectivity index (χ0) is 20.7. The fourth-order valence-corrected chi connectivity index (χ4v) is 4.44. The van der Waals surface area contributed by atoms with Gasteiger partial charge in [-0.2, -0.15) is 0 Å². The fraction of sp³-hybridized carbons (Fsp3) is 0.368. The van der Waals surface area contributed by atoms with E-state index in [-0.39, 0.29) is 24.0 Å². The molecule has 0 amide bonds. The van der Waals surface area contributed by atoms with Crippen molar-refractivity contribution in [3.63, 3.8) is 0 Å². The van der Waals surface area contributed by atoms with Gasteiger partial charge in [0.2, 0.25) is 10.0 Å². The van der Waals surface area contributed by atoms with Gasteiger partial charge >= 0.3 is 0 Å². The highest BCUT2D eigenvalue weighted by Crippen LogP contribution is 2.27. The lowest BCUT2D eigenvalue weighted by Gasteiger charge is -2.30. The SMILES string of the molecule is CCN(CC)C(CNS(=O)(=O)Cc1ccc([N+](=O)[O-])cc1)c1ccccc1Cl. The van der Waals surface area contributed by atoms with Gasteiger partial charge in [-0.05, 0) is 30.3 Å². The van der Waals surface area contributed by atoms with E-state index >= 15 is 0 Å². The molecular weight excluding hydrogens is 402 g/mol. The second kappa shape index (κ2) is 9.97. The van der Waals surface area contributed by atoms with Crippen LogP contribution >= 0.6 is 11.6 Å². The Hall–Kier alpha value is -2.00. The van der Waals surface area contributed by atoms with E-state index in [2.05, 4.69) is 9.62 Å². The predicted molar refractivity (Wildman–Crippen MR) is 111 cm³/mol. The van der Waals surface area contributed by atoms with Crippen molar-refractivity contribution in [3.8, 4) is 0 Å². The molecule has 2 rings (SSSR count). The highest BCUT2D eigenvalue weighted by Gasteiger charge is 2.23. The molecule has 28 heavy (non-hydrogen) atoms. The van der Waals surface area contributed by atoms with Crippen LogP contribution in [0.2, 0.25) is 5.02 Å². The van der Waals surface area contributed by atoms with E-state index in [1.165, 1.54) is 24.3 Å². The van der Waals surface area contributed by atoms with Crippen molar-refractivity contribution in [3.05, 3.63) is 74.8 Å². The minimum atomic E-state index is -3.62. The molecule has 7 nitrogen and oxygen atoms in total. The summed E-state index contributed by atoms with van der Waals surface area (Å²) in [6.07, 6.45) is 0. The van der Waals surface area contributed by atoms with Gasteiger partial charge in [0.15, 0.2) is 0 Å². The first kappa shape index (κ1) is 22.3. The number of sulfonamides is 1. The molecule has 0 aliphatic carbocycles. The molecule has 0 aliphatic heterocycles. The number of benzene rings is 2. The van der Waals surface area contributed by atoms with Crippen LogP contribution in [0, 0.1) is 10.1 Å². The Morgan fingerprint density at radius 3 is 2.25 bits per heavy atom. The summed E-state index contributed by atoms with van der Waals surface area (Å²) in [4.78, 5) is 12.3. The van der Waals surface area contributed by atoms with Crippen molar-refractivity contribution in [2.45, 2.75) is 25.6 Å². The number of halogens is 1. The van der Waals surface area contributed by atoms with Crippen molar-refractivity contribution < 1.29 is 13.3 Å². The number of nitrogens with zero attached hydrogens (tertiary/aromatic N) is 2. The molecule has 0 saturated carbocycles. The molecule has 0 aromatic heterocycles. The molecule has 0 heterocycles. The van der Waals surface area contributed by atoms with E-state index in [0.717, 1.165) is 18.7 Å². The molecule has 2 aromatic rings. The summed E-state index contributed by atoms with van der Waals surface area (Å²) >= 11 is 6.34. The summed E-state index contributed by atoms with van der Waals surface area (Å²) in [7, 11) is -3.62. The summed E-state index contributed by atoms with van der Waals surface area (Å²) < 4.78 is 27.7. The van der Waals surface area contributed by atoms with Crippen LogP contribution < -0.4 is 4.72 Å². The summed E-state index contributed by atoms with van der Waals surface area (Å²) in [5.74, 6) is -0.252. The Labute approximate surface area is 170 Å². The molecule has 1 unspecified atom stereocenters. The fourth-order valence-electron chi connectivity index (χ4n) is 3.04. The summed E-state index contributed by atoms with van der Waals surface area (Å²) in [6, 6.07) is 12.7. The first-order valence-electron chi connectivity index (χ1n) is 8.96. The number of nitro benzene ring substituents is 1. The number of likely N-dealkylation sites (N-methyl/N-ethyl adjacent to an activating group) is 1. The van der Waals surface area contributed by atoms with Crippen LogP contribution in [0.4, 0.5) is 5.69 Å². The maximum Gasteiger partial charge on any atom is 0.269 e. The molecule has 1 N–H and O–H groups in total. The van der Waals surface area contributed by atoms with Crippen LogP contribution in [0.25, 0.3) is 0 Å². The molecule has 0 aliphatic rings. The zero-order valence-corrected chi connectivity index (χ0v) is 17.4. The Morgan fingerprint density at radius 2 is 1.71 bits per heavy atom. The van der Waals surface area contributed by atoms with Gasteiger partial charge < -0.3 is 0 Å². The standard InChI is InChI=1S/C19H24ClN3O4S/c1-3-22(4-2)19(17-7-5-6-8-18(17)20)13-21-28(26,27)14-15-9-11-16(12-10-15)23(24)25/h5-12,19,21H,3-4,13-14H2,1-2H3. The van der Waals surface area contributed by atoms with Crippen LogP contribution in [0.1, 0.15) is 31.0 Å². The van der Waals surface area contributed by atoms with E-state index in [0.29, 0.717) is 10.6 Å². The van der Waals surface area contributed by atoms with Gasteiger partial charge in [-0.1, -0.05) is 55.8 Å². The average molecular weight is 426 g/mol. The number of nitrogens with one attached hydrogen (secondary N) is 1. The van der Waals surface area contributed by atoms with E-state index in [1.54, 1.807) is 6.07 Å². The quantitative estimate of drug-likeness (QED) is 0.462. The minimum absolute atomic E-state index is 0.0746. The number of hydrogen-bond acceptors (Lipinski definition) is 5. The minimum Gasteiger partial charge on any atom is -0.296 e. The van der Waals surface area contributed by atoms with Crippen LogP contribution in [0.15, 0.2) is 48.5 Å². The normalized spacial score (nSPS) is 12.9. The van der Waals surface area contributed by atoms with Crippen molar-refractivity contribution in [2.75, 3.05) is 19.6 Å².